The van der Waals surface area contributed by atoms with E-state index in [0.717, 1.165) is 18.2 Å². The van der Waals surface area contributed by atoms with E-state index in [9.17, 15) is 4.79 Å². The van der Waals surface area contributed by atoms with Gasteiger partial charge in [-0.3, -0.25) is 4.79 Å². The number of furan rings is 1. The van der Waals surface area contributed by atoms with Crippen molar-refractivity contribution in [1.29, 1.82) is 0 Å². The number of thioether (sulfide) groups is 1. The molecule has 0 radical (unpaired) electrons. The highest BCUT2D eigenvalue weighted by atomic mass is 32.2. The van der Waals surface area contributed by atoms with Crippen LogP contribution in [0.2, 0.25) is 0 Å². The molecule has 14 heavy (non-hydrogen) atoms. The molecule has 1 aromatic heterocycles. The predicted octanol–water partition coefficient (Wildman–Crippen LogP) is 1.83. The van der Waals surface area contributed by atoms with Crippen LogP contribution in [-0.2, 0) is 4.79 Å². The topological polar surface area (TPSA) is 33.5 Å². The average molecular weight is 209 g/mol. The van der Waals surface area contributed by atoms with Crippen LogP contribution in [-0.4, -0.2) is 29.0 Å². The lowest BCUT2D eigenvalue weighted by Gasteiger charge is -2.10. The maximum absolute atomic E-state index is 11.5. The molecular weight excluding hydrogens is 198 g/mol. The summed E-state index contributed by atoms with van der Waals surface area (Å²) in [4.78, 5) is 13.3. The van der Waals surface area contributed by atoms with E-state index in [4.69, 9.17) is 4.42 Å². The molecule has 4 heteroatoms. The van der Waals surface area contributed by atoms with Crippen LogP contribution in [0.3, 0.4) is 0 Å². The van der Waals surface area contributed by atoms with Crippen molar-refractivity contribution >= 4 is 23.7 Å². The summed E-state index contributed by atoms with van der Waals surface area (Å²) in [5, 5.41) is 0. The van der Waals surface area contributed by atoms with E-state index in [-0.39, 0.29) is 5.91 Å². The molecule has 0 aliphatic carbocycles. The fourth-order valence-electron chi connectivity index (χ4n) is 1.23. The first-order valence-electron chi connectivity index (χ1n) is 4.44. The van der Waals surface area contributed by atoms with Gasteiger partial charge in [-0.1, -0.05) is 0 Å². The van der Waals surface area contributed by atoms with Crippen LogP contribution in [0, 0.1) is 0 Å². The van der Waals surface area contributed by atoms with Crippen molar-refractivity contribution in [3.63, 3.8) is 0 Å². The van der Waals surface area contributed by atoms with Crippen molar-refractivity contribution in [2.75, 3.05) is 18.2 Å². The molecule has 0 atom stereocenters. The fourth-order valence-corrected chi connectivity index (χ4v) is 2.19. The molecule has 1 amide bonds. The first kappa shape index (κ1) is 9.40. The third-order valence-corrected chi connectivity index (χ3v) is 2.96. The minimum Gasteiger partial charge on any atom is -0.465 e. The predicted molar refractivity (Wildman–Crippen MR) is 56.8 cm³/mol. The first-order chi connectivity index (χ1) is 6.86. The highest BCUT2D eigenvalue weighted by molar-refractivity contribution is 7.99. The van der Waals surface area contributed by atoms with Gasteiger partial charge in [0.1, 0.15) is 5.76 Å². The second kappa shape index (κ2) is 4.37. The smallest absolute Gasteiger partial charge is 0.247 e. The molecule has 2 rings (SSSR count). The summed E-state index contributed by atoms with van der Waals surface area (Å²) in [7, 11) is 0. The maximum atomic E-state index is 11.5. The van der Waals surface area contributed by atoms with Gasteiger partial charge < -0.3 is 9.32 Å². The van der Waals surface area contributed by atoms with Gasteiger partial charge in [0, 0.05) is 18.4 Å². The number of carbonyl (C=O) groups excluding carboxylic acids is 1. The Morgan fingerprint density at radius 2 is 2.57 bits per heavy atom. The highest BCUT2D eigenvalue weighted by Gasteiger charge is 2.15. The molecule has 74 valence electrons. The number of amides is 1. The van der Waals surface area contributed by atoms with E-state index in [0.29, 0.717) is 5.76 Å². The molecule has 1 saturated heterocycles. The fraction of sp³-hybridized carbons (Fsp3) is 0.300. The molecule has 1 aliphatic heterocycles. The van der Waals surface area contributed by atoms with Gasteiger partial charge in [-0.15, -0.1) is 11.8 Å². The van der Waals surface area contributed by atoms with E-state index < -0.39 is 0 Å². The van der Waals surface area contributed by atoms with Crippen LogP contribution >= 0.6 is 11.8 Å². The Morgan fingerprint density at radius 1 is 1.64 bits per heavy atom. The van der Waals surface area contributed by atoms with E-state index in [2.05, 4.69) is 0 Å². The number of hydrogen-bond donors (Lipinski definition) is 0. The second-order valence-electron chi connectivity index (χ2n) is 2.99. The molecule has 0 N–H and O–H groups in total. The van der Waals surface area contributed by atoms with Gasteiger partial charge in [0.25, 0.3) is 0 Å². The summed E-state index contributed by atoms with van der Waals surface area (Å²) in [5.41, 5.74) is 0. The molecule has 3 nitrogen and oxygen atoms in total. The van der Waals surface area contributed by atoms with Gasteiger partial charge in [-0.25, -0.2) is 0 Å². The summed E-state index contributed by atoms with van der Waals surface area (Å²) in [6.07, 6.45) is 4.85. The van der Waals surface area contributed by atoms with E-state index >= 15 is 0 Å². The molecule has 1 aromatic rings. The van der Waals surface area contributed by atoms with Crippen LogP contribution in [0.1, 0.15) is 5.76 Å². The monoisotopic (exact) mass is 209 g/mol. The van der Waals surface area contributed by atoms with E-state index in [1.807, 2.05) is 11.0 Å². The molecule has 1 fully saturated rings. The van der Waals surface area contributed by atoms with Crippen molar-refractivity contribution in [1.82, 2.24) is 4.90 Å². The minimum absolute atomic E-state index is 0.0615. The van der Waals surface area contributed by atoms with Crippen molar-refractivity contribution in [2.24, 2.45) is 0 Å². The number of carbonyl (C=O) groups is 1. The SMILES string of the molecule is O=C(/C=C/c1ccco1)N1CCSC1. The van der Waals surface area contributed by atoms with Crippen molar-refractivity contribution in [3.05, 3.63) is 30.2 Å². The summed E-state index contributed by atoms with van der Waals surface area (Å²) < 4.78 is 5.08. The molecule has 0 aromatic carbocycles. The third kappa shape index (κ3) is 2.20. The van der Waals surface area contributed by atoms with Crippen molar-refractivity contribution in [2.45, 2.75) is 0 Å². The second-order valence-corrected chi connectivity index (χ2v) is 4.06. The van der Waals surface area contributed by atoms with Crippen molar-refractivity contribution < 1.29 is 9.21 Å². The molecule has 0 bridgehead atoms. The van der Waals surface area contributed by atoms with Crippen LogP contribution in [0.15, 0.2) is 28.9 Å². The lowest BCUT2D eigenvalue weighted by Crippen LogP contribution is -2.25. The lowest BCUT2D eigenvalue weighted by atomic mass is 10.3. The van der Waals surface area contributed by atoms with Gasteiger partial charge in [-0.05, 0) is 18.2 Å². The highest BCUT2D eigenvalue weighted by Crippen LogP contribution is 2.13. The zero-order valence-corrected chi connectivity index (χ0v) is 8.50. The Hall–Kier alpha value is -1.16. The average Bonchev–Trinajstić information content (AvgIpc) is 2.87. The van der Waals surface area contributed by atoms with Gasteiger partial charge >= 0.3 is 0 Å². The Labute approximate surface area is 86.8 Å². The van der Waals surface area contributed by atoms with Crippen LogP contribution in [0.5, 0.6) is 0 Å². The summed E-state index contributed by atoms with van der Waals surface area (Å²) >= 11 is 1.78. The zero-order valence-electron chi connectivity index (χ0n) is 7.68. The Balaban J connectivity index is 1.93. The standard InChI is InChI=1S/C10H11NO2S/c12-10(11-5-7-14-8-11)4-3-9-2-1-6-13-9/h1-4,6H,5,7-8H2/b4-3+. The van der Waals surface area contributed by atoms with Gasteiger partial charge in [-0.2, -0.15) is 0 Å². The quantitative estimate of drug-likeness (QED) is 0.697. The summed E-state index contributed by atoms with van der Waals surface area (Å²) in [6, 6.07) is 3.62. The molecular formula is C10H11NO2S. The minimum atomic E-state index is 0.0615. The number of rotatable bonds is 2. The molecule has 1 aliphatic rings. The van der Waals surface area contributed by atoms with Crippen LogP contribution in [0.4, 0.5) is 0 Å². The maximum Gasteiger partial charge on any atom is 0.247 e. The molecule has 0 spiro atoms. The van der Waals surface area contributed by atoms with Crippen molar-refractivity contribution in [3.8, 4) is 0 Å². The molecule has 0 saturated carbocycles. The van der Waals surface area contributed by atoms with Gasteiger partial charge in [0.15, 0.2) is 0 Å². The molecule has 2 heterocycles. The van der Waals surface area contributed by atoms with Crippen LogP contribution in [0.25, 0.3) is 6.08 Å². The third-order valence-electron chi connectivity index (χ3n) is 2.00. The summed E-state index contributed by atoms with van der Waals surface area (Å²) in [6.45, 7) is 0.853. The van der Waals surface area contributed by atoms with Gasteiger partial charge in [0.05, 0.1) is 12.1 Å². The largest absolute Gasteiger partial charge is 0.465 e. The lowest BCUT2D eigenvalue weighted by molar-refractivity contribution is -0.124. The Bertz CT molecular complexity index is 326. The number of hydrogen-bond acceptors (Lipinski definition) is 3. The van der Waals surface area contributed by atoms with Gasteiger partial charge in [0.2, 0.25) is 5.91 Å². The van der Waals surface area contributed by atoms with Crippen LogP contribution < -0.4 is 0 Å². The van der Waals surface area contributed by atoms with E-state index in [1.54, 1.807) is 36.2 Å². The molecule has 0 unspecified atom stereocenters. The van der Waals surface area contributed by atoms with E-state index in [1.165, 1.54) is 0 Å². The Kier molecular flexibility index (Phi) is 2.93. The number of nitrogens with zero attached hydrogens (tertiary/aromatic N) is 1. The first-order valence-corrected chi connectivity index (χ1v) is 5.60. The summed E-state index contributed by atoms with van der Waals surface area (Å²) in [5.74, 6) is 2.62. The normalized spacial score (nSPS) is 16.7. The zero-order chi connectivity index (χ0) is 9.80. The Morgan fingerprint density at radius 3 is 3.21 bits per heavy atom.